The molecule has 1 aromatic carbocycles. The second kappa shape index (κ2) is 5.16. The quantitative estimate of drug-likeness (QED) is 0.766. The van der Waals surface area contributed by atoms with E-state index < -0.39 is 0 Å². The third kappa shape index (κ3) is 2.77. The van der Waals surface area contributed by atoms with E-state index in [1.807, 2.05) is 30.3 Å². The summed E-state index contributed by atoms with van der Waals surface area (Å²) < 4.78 is 5.23. The monoisotopic (exact) mass is 274 g/mol. The molecule has 0 saturated heterocycles. The van der Waals surface area contributed by atoms with Crippen LogP contribution in [-0.4, -0.2) is 15.2 Å². The molecule has 2 N–H and O–H groups in total. The Kier molecular flexibility index (Phi) is 3.20. The Morgan fingerprint density at radius 2 is 2.21 bits per heavy atom. The first-order valence-corrected chi connectivity index (χ1v) is 6.14. The third-order valence-corrected chi connectivity index (χ3v) is 2.81. The van der Waals surface area contributed by atoms with Gasteiger partial charge in [0, 0.05) is 11.6 Å². The van der Waals surface area contributed by atoms with Gasteiger partial charge < -0.3 is 9.73 Å². The van der Waals surface area contributed by atoms with Gasteiger partial charge >= 0.3 is 0 Å². The van der Waals surface area contributed by atoms with E-state index in [4.69, 9.17) is 16.0 Å². The van der Waals surface area contributed by atoms with Crippen molar-refractivity contribution in [2.24, 2.45) is 0 Å². The Hall–Kier alpha value is -2.27. The number of hydrogen-bond donors (Lipinski definition) is 2. The first-order chi connectivity index (χ1) is 9.31. The normalized spacial score (nSPS) is 10.6. The largest absolute Gasteiger partial charge is 0.461 e. The molecular formula is C13H11ClN4O. The first kappa shape index (κ1) is 11.8. The lowest BCUT2D eigenvalue weighted by Crippen LogP contribution is -2.00. The first-order valence-electron chi connectivity index (χ1n) is 5.76. The zero-order valence-electron chi connectivity index (χ0n) is 9.93. The van der Waals surface area contributed by atoms with E-state index in [0.717, 1.165) is 5.56 Å². The van der Waals surface area contributed by atoms with Crippen LogP contribution in [0.1, 0.15) is 5.56 Å². The number of H-pyrrole nitrogens is 1. The fraction of sp³-hybridized carbons (Fsp3) is 0.0769. The van der Waals surface area contributed by atoms with Crippen molar-refractivity contribution in [1.29, 1.82) is 0 Å². The van der Waals surface area contributed by atoms with Crippen molar-refractivity contribution in [2.75, 3.05) is 5.32 Å². The van der Waals surface area contributed by atoms with Crippen LogP contribution in [0.15, 0.2) is 47.1 Å². The van der Waals surface area contributed by atoms with Crippen LogP contribution in [0.5, 0.6) is 0 Å². The molecule has 0 bridgehead atoms. The summed E-state index contributed by atoms with van der Waals surface area (Å²) in [5.74, 6) is 1.77. The molecule has 0 aliphatic rings. The van der Waals surface area contributed by atoms with Crippen LogP contribution in [-0.2, 0) is 6.54 Å². The summed E-state index contributed by atoms with van der Waals surface area (Å²) in [4.78, 5) is 4.29. The Bertz CT molecular complexity index is 663. The van der Waals surface area contributed by atoms with Gasteiger partial charge in [0.15, 0.2) is 11.6 Å². The van der Waals surface area contributed by atoms with Crippen LogP contribution in [0.4, 0.5) is 5.95 Å². The molecule has 0 atom stereocenters. The molecule has 0 aliphatic carbocycles. The fourth-order valence-corrected chi connectivity index (χ4v) is 1.91. The highest BCUT2D eigenvalue weighted by Crippen LogP contribution is 2.16. The molecule has 0 fully saturated rings. The van der Waals surface area contributed by atoms with Gasteiger partial charge in [0.05, 0.1) is 6.26 Å². The summed E-state index contributed by atoms with van der Waals surface area (Å²) >= 11 is 5.92. The number of benzene rings is 1. The molecule has 0 saturated carbocycles. The SMILES string of the molecule is Clc1cccc(CNc2n[nH]c(-c3ccco3)n2)c1. The van der Waals surface area contributed by atoms with Gasteiger partial charge in [-0.3, -0.25) is 5.10 Å². The molecule has 0 unspecified atom stereocenters. The zero-order valence-corrected chi connectivity index (χ0v) is 10.7. The average Bonchev–Trinajstić information content (AvgIpc) is 3.07. The van der Waals surface area contributed by atoms with Crippen molar-refractivity contribution in [1.82, 2.24) is 15.2 Å². The molecule has 2 aromatic heterocycles. The lowest BCUT2D eigenvalue weighted by molar-refractivity contribution is 0.577. The Morgan fingerprint density at radius 3 is 3.00 bits per heavy atom. The molecule has 3 rings (SSSR count). The number of anilines is 1. The summed E-state index contributed by atoms with van der Waals surface area (Å²) in [7, 11) is 0. The molecule has 0 spiro atoms. The average molecular weight is 275 g/mol. The smallest absolute Gasteiger partial charge is 0.242 e. The molecule has 3 aromatic rings. The molecule has 0 amide bonds. The minimum absolute atomic E-state index is 0.520. The second-order valence-electron chi connectivity index (χ2n) is 3.97. The third-order valence-electron chi connectivity index (χ3n) is 2.58. The van der Waals surface area contributed by atoms with Gasteiger partial charge in [-0.25, -0.2) is 0 Å². The topological polar surface area (TPSA) is 66.7 Å². The van der Waals surface area contributed by atoms with Gasteiger partial charge in [-0.2, -0.15) is 4.98 Å². The lowest BCUT2D eigenvalue weighted by atomic mass is 10.2. The number of hydrogen-bond acceptors (Lipinski definition) is 4. The van der Waals surface area contributed by atoms with Gasteiger partial charge in [-0.05, 0) is 29.8 Å². The van der Waals surface area contributed by atoms with Crippen LogP contribution in [0.2, 0.25) is 5.02 Å². The highest BCUT2D eigenvalue weighted by molar-refractivity contribution is 6.30. The minimum Gasteiger partial charge on any atom is -0.461 e. The molecule has 5 nitrogen and oxygen atoms in total. The highest BCUT2D eigenvalue weighted by atomic mass is 35.5. The van der Waals surface area contributed by atoms with Crippen molar-refractivity contribution in [3.8, 4) is 11.6 Å². The van der Waals surface area contributed by atoms with Gasteiger partial charge in [0.2, 0.25) is 5.95 Å². The van der Waals surface area contributed by atoms with E-state index in [1.165, 1.54) is 0 Å². The van der Waals surface area contributed by atoms with Gasteiger partial charge in [-0.1, -0.05) is 23.7 Å². The van der Waals surface area contributed by atoms with Crippen molar-refractivity contribution < 1.29 is 4.42 Å². The summed E-state index contributed by atoms with van der Waals surface area (Å²) in [5.41, 5.74) is 1.07. The Morgan fingerprint density at radius 1 is 1.26 bits per heavy atom. The minimum atomic E-state index is 0.520. The van der Waals surface area contributed by atoms with Gasteiger partial charge in [0.25, 0.3) is 0 Å². The van der Waals surface area contributed by atoms with Gasteiger partial charge in [-0.15, -0.1) is 5.10 Å². The van der Waals surface area contributed by atoms with Crippen molar-refractivity contribution in [2.45, 2.75) is 6.54 Å². The van der Waals surface area contributed by atoms with Crippen LogP contribution >= 0.6 is 11.6 Å². The Balaban J connectivity index is 1.68. The predicted molar refractivity (Wildman–Crippen MR) is 72.9 cm³/mol. The molecule has 2 heterocycles. The van der Waals surface area contributed by atoms with E-state index in [0.29, 0.717) is 29.1 Å². The fourth-order valence-electron chi connectivity index (χ4n) is 1.69. The standard InChI is InChI=1S/C13H11ClN4O/c14-10-4-1-3-9(7-10)8-15-13-16-12(17-18-13)11-5-2-6-19-11/h1-7H,8H2,(H2,15,16,17,18). The van der Waals surface area contributed by atoms with Crippen molar-refractivity contribution in [3.05, 3.63) is 53.2 Å². The maximum Gasteiger partial charge on any atom is 0.242 e. The van der Waals surface area contributed by atoms with Crippen LogP contribution in [0, 0.1) is 0 Å². The number of nitrogens with one attached hydrogen (secondary N) is 2. The Labute approximate surface area is 114 Å². The van der Waals surface area contributed by atoms with Crippen LogP contribution in [0.3, 0.4) is 0 Å². The second-order valence-corrected chi connectivity index (χ2v) is 4.40. The highest BCUT2D eigenvalue weighted by Gasteiger charge is 2.07. The number of aromatic amines is 1. The lowest BCUT2D eigenvalue weighted by Gasteiger charge is -2.02. The number of halogens is 1. The van der Waals surface area contributed by atoms with E-state index in [1.54, 1.807) is 12.3 Å². The number of rotatable bonds is 4. The summed E-state index contributed by atoms with van der Waals surface area (Å²) in [6, 6.07) is 11.3. The maximum atomic E-state index is 5.92. The summed E-state index contributed by atoms with van der Waals surface area (Å²) in [6.07, 6.45) is 1.59. The van der Waals surface area contributed by atoms with E-state index >= 15 is 0 Å². The number of furan rings is 1. The van der Waals surface area contributed by atoms with Crippen LogP contribution < -0.4 is 5.32 Å². The molecule has 19 heavy (non-hydrogen) atoms. The van der Waals surface area contributed by atoms with Crippen LogP contribution in [0.25, 0.3) is 11.6 Å². The number of nitrogens with zero attached hydrogens (tertiary/aromatic N) is 2. The molecule has 6 heteroatoms. The summed E-state index contributed by atoms with van der Waals surface area (Å²) in [5, 5.41) is 10.7. The zero-order chi connectivity index (χ0) is 13.1. The summed E-state index contributed by atoms with van der Waals surface area (Å²) in [6.45, 7) is 0.607. The van der Waals surface area contributed by atoms with Gasteiger partial charge in [0.1, 0.15) is 0 Å². The predicted octanol–water partition coefficient (Wildman–Crippen LogP) is 3.33. The molecule has 96 valence electrons. The maximum absolute atomic E-state index is 5.92. The molecule has 0 radical (unpaired) electrons. The van der Waals surface area contributed by atoms with Crippen molar-refractivity contribution >= 4 is 17.5 Å². The molecule has 0 aliphatic heterocycles. The van der Waals surface area contributed by atoms with E-state index in [-0.39, 0.29) is 0 Å². The number of aromatic nitrogens is 3. The van der Waals surface area contributed by atoms with E-state index in [2.05, 4.69) is 20.5 Å². The molecular weight excluding hydrogens is 264 g/mol. The van der Waals surface area contributed by atoms with E-state index in [9.17, 15) is 0 Å². The van der Waals surface area contributed by atoms with Crippen molar-refractivity contribution in [3.63, 3.8) is 0 Å².